The lowest BCUT2D eigenvalue weighted by Crippen LogP contribution is -2.30. The molecule has 0 saturated heterocycles. The lowest BCUT2D eigenvalue weighted by Gasteiger charge is -2.18. The van der Waals surface area contributed by atoms with E-state index >= 15 is 0 Å². The number of nitrogens with zero attached hydrogens (tertiary/aromatic N) is 2. The summed E-state index contributed by atoms with van der Waals surface area (Å²) in [5.41, 5.74) is 4.67. The van der Waals surface area contributed by atoms with E-state index in [0.29, 0.717) is 12.6 Å². The standard InChI is InChI=1S/C21H29N3OS/c1-14-9-11-18(12-10-14)13-22-20(25)17(4)26-21-23-15(2)16(3)24(21)19-7-5-6-8-19/h9-12,17,19H,5-8,13H2,1-4H3,(H,22,25). The van der Waals surface area contributed by atoms with Crippen molar-refractivity contribution in [2.75, 3.05) is 0 Å². The number of hydrogen-bond acceptors (Lipinski definition) is 3. The molecule has 0 bridgehead atoms. The molecule has 1 aromatic carbocycles. The first kappa shape index (κ1) is 19.0. The maximum absolute atomic E-state index is 12.5. The van der Waals surface area contributed by atoms with Crippen LogP contribution in [0, 0.1) is 20.8 Å². The molecule has 1 aromatic heterocycles. The van der Waals surface area contributed by atoms with Crippen LogP contribution in [0.3, 0.4) is 0 Å². The number of rotatable bonds is 6. The number of carbonyl (C=O) groups excluding carboxylic acids is 1. The van der Waals surface area contributed by atoms with Crippen LogP contribution in [0.1, 0.15) is 61.2 Å². The fourth-order valence-corrected chi connectivity index (χ4v) is 4.62. The van der Waals surface area contributed by atoms with E-state index in [1.165, 1.54) is 36.9 Å². The molecular formula is C21H29N3OS. The lowest BCUT2D eigenvalue weighted by atomic mass is 10.1. The van der Waals surface area contributed by atoms with Gasteiger partial charge in [-0.2, -0.15) is 0 Å². The Labute approximate surface area is 160 Å². The number of amides is 1. The highest BCUT2D eigenvalue weighted by molar-refractivity contribution is 8.00. The minimum Gasteiger partial charge on any atom is -0.351 e. The topological polar surface area (TPSA) is 46.9 Å². The summed E-state index contributed by atoms with van der Waals surface area (Å²) >= 11 is 1.58. The van der Waals surface area contributed by atoms with Crippen molar-refractivity contribution in [3.63, 3.8) is 0 Å². The molecule has 0 aliphatic heterocycles. The Balaban J connectivity index is 1.63. The van der Waals surface area contributed by atoms with E-state index in [4.69, 9.17) is 4.98 Å². The Bertz CT molecular complexity index is 760. The Morgan fingerprint density at radius 2 is 1.88 bits per heavy atom. The molecule has 1 aliphatic carbocycles. The summed E-state index contributed by atoms with van der Waals surface area (Å²) in [6, 6.07) is 8.81. The van der Waals surface area contributed by atoms with Gasteiger partial charge < -0.3 is 9.88 Å². The zero-order valence-electron chi connectivity index (χ0n) is 16.2. The molecule has 1 amide bonds. The summed E-state index contributed by atoms with van der Waals surface area (Å²) in [5, 5.41) is 3.88. The number of thioether (sulfide) groups is 1. The van der Waals surface area contributed by atoms with Gasteiger partial charge in [0.05, 0.1) is 10.9 Å². The minimum absolute atomic E-state index is 0.0619. The van der Waals surface area contributed by atoms with E-state index in [2.05, 4.69) is 54.9 Å². The number of imidazole rings is 1. The van der Waals surface area contributed by atoms with Gasteiger partial charge in [-0.15, -0.1) is 0 Å². The van der Waals surface area contributed by atoms with Crippen LogP contribution in [0.25, 0.3) is 0 Å². The first-order chi connectivity index (χ1) is 12.5. The van der Waals surface area contributed by atoms with Gasteiger partial charge in [0.15, 0.2) is 5.16 Å². The molecule has 2 aromatic rings. The van der Waals surface area contributed by atoms with Gasteiger partial charge in [0.25, 0.3) is 0 Å². The molecule has 0 spiro atoms. The highest BCUT2D eigenvalue weighted by Crippen LogP contribution is 2.36. The van der Waals surface area contributed by atoms with Crippen molar-refractivity contribution >= 4 is 17.7 Å². The molecule has 0 radical (unpaired) electrons. The van der Waals surface area contributed by atoms with Gasteiger partial charge in [-0.3, -0.25) is 4.79 Å². The van der Waals surface area contributed by atoms with Gasteiger partial charge in [-0.05, 0) is 46.1 Å². The fourth-order valence-electron chi connectivity index (χ4n) is 3.52. The number of aryl methyl sites for hydroxylation is 2. The first-order valence-corrected chi connectivity index (χ1v) is 10.4. The third-order valence-corrected chi connectivity index (χ3v) is 6.35. The third-order valence-electron chi connectivity index (χ3n) is 5.28. The van der Waals surface area contributed by atoms with Crippen LogP contribution >= 0.6 is 11.8 Å². The number of nitrogens with one attached hydrogen (secondary N) is 1. The van der Waals surface area contributed by atoms with Crippen LogP contribution in [0.2, 0.25) is 0 Å². The molecule has 1 saturated carbocycles. The maximum Gasteiger partial charge on any atom is 0.233 e. The second-order valence-corrected chi connectivity index (χ2v) is 8.64. The van der Waals surface area contributed by atoms with Crippen LogP contribution < -0.4 is 5.32 Å². The number of aromatic nitrogens is 2. The van der Waals surface area contributed by atoms with Crippen LogP contribution in [0.5, 0.6) is 0 Å². The van der Waals surface area contributed by atoms with Crippen LogP contribution in [0.15, 0.2) is 29.4 Å². The molecular weight excluding hydrogens is 342 g/mol. The van der Waals surface area contributed by atoms with Crippen molar-refractivity contribution < 1.29 is 4.79 Å². The molecule has 1 N–H and O–H groups in total. The monoisotopic (exact) mass is 371 g/mol. The van der Waals surface area contributed by atoms with Crippen molar-refractivity contribution in [2.24, 2.45) is 0 Å². The highest BCUT2D eigenvalue weighted by Gasteiger charge is 2.25. The largest absolute Gasteiger partial charge is 0.351 e. The maximum atomic E-state index is 12.5. The SMILES string of the molecule is Cc1ccc(CNC(=O)C(C)Sc2nc(C)c(C)n2C2CCCC2)cc1. The third kappa shape index (κ3) is 4.32. The number of hydrogen-bond donors (Lipinski definition) is 1. The quantitative estimate of drug-likeness (QED) is 0.747. The average molecular weight is 372 g/mol. The van der Waals surface area contributed by atoms with Crippen LogP contribution in [-0.4, -0.2) is 20.7 Å². The van der Waals surface area contributed by atoms with Crippen molar-refractivity contribution in [1.82, 2.24) is 14.9 Å². The Morgan fingerprint density at radius 3 is 2.54 bits per heavy atom. The number of carbonyl (C=O) groups is 1. The van der Waals surface area contributed by atoms with Gasteiger partial charge >= 0.3 is 0 Å². The second kappa shape index (κ2) is 8.30. The highest BCUT2D eigenvalue weighted by atomic mass is 32.2. The van der Waals surface area contributed by atoms with E-state index in [1.54, 1.807) is 11.8 Å². The van der Waals surface area contributed by atoms with Crippen molar-refractivity contribution in [1.29, 1.82) is 0 Å². The molecule has 3 rings (SSSR count). The summed E-state index contributed by atoms with van der Waals surface area (Å²) in [6.07, 6.45) is 5.02. The van der Waals surface area contributed by atoms with E-state index in [0.717, 1.165) is 16.4 Å². The minimum atomic E-state index is -0.165. The summed E-state index contributed by atoms with van der Waals surface area (Å²) in [5.74, 6) is 0.0619. The van der Waals surface area contributed by atoms with Crippen molar-refractivity contribution in [3.8, 4) is 0 Å². The molecule has 140 valence electrons. The van der Waals surface area contributed by atoms with E-state index in [1.807, 2.05) is 6.92 Å². The predicted molar refractivity (Wildman–Crippen MR) is 108 cm³/mol. The predicted octanol–water partition coefficient (Wildman–Crippen LogP) is 4.72. The summed E-state index contributed by atoms with van der Waals surface area (Å²) in [7, 11) is 0. The first-order valence-electron chi connectivity index (χ1n) is 9.51. The van der Waals surface area contributed by atoms with Gasteiger partial charge in [-0.1, -0.05) is 54.4 Å². The molecule has 1 heterocycles. The van der Waals surface area contributed by atoms with E-state index < -0.39 is 0 Å². The lowest BCUT2D eigenvalue weighted by molar-refractivity contribution is -0.120. The summed E-state index contributed by atoms with van der Waals surface area (Å²) in [4.78, 5) is 17.3. The van der Waals surface area contributed by atoms with Crippen molar-refractivity contribution in [2.45, 2.75) is 76.4 Å². The molecule has 5 heteroatoms. The van der Waals surface area contributed by atoms with Crippen molar-refractivity contribution in [3.05, 3.63) is 46.8 Å². The van der Waals surface area contributed by atoms with Gasteiger partial charge in [0, 0.05) is 18.3 Å². The second-order valence-electron chi connectivity index (χ2n) is 7.34. The Hall–Kier alpha value is -1.75. The molecule has 1 unspecified atom stereocenters. The van der Waals surface area contributed by atoms with Crippen LogP contribution in [-0.2, 0) is 11.3 Å². The molecule has 26 heavy (non-hydrogen) atoms. The molecule has 1 atom stereocenters. The zero-order valence-corrected chi connectivity index (χ0v) is 17.0. The molecule has 4 nitrogen and oxygen atoms in total. The summed E-state index contributed by atoms with van der Waals surface area (Å²) in [6.45, 7) is 8.81. The average Bonchev–Trinajstić information content (AvgIpc) is 3.23. The zero-order chi connectivity index (χ0) is 18.7. The summed E-state index contributed by atoms with van der Waals surface area (Å²) < 4.78 is 2.37. The van der Waals surface area contributed by atoms with E-state index in [9.17, 15) is 4.79 Å². The fraction of sp³-hybridized carbons (Fsp3) is 0.524. The normalized spacial score (nSPS) is 16.0. The van der Waals surface area contributed by atoms with Gasteiger partial charge in [-0.25, -0.2) is 4.98 Å². The Kier molecular flexibility index (Phi) is 6.07. The molecule has 1 aliphatic rings. The Morgan fingerprint density at radius 1 is 1.23 bits per heavy atom. The van der Waals surface area contributed by atoms with E-state index in [-0.39, 0.29) is 11.2 Å². The van der Waals surface area contributed by atoms with Gasteiger partial charge in [0.1, 0.15) is 0 Å². The smallest absolute Gasteiger partial charge is 0.233 e. The van der Waals surface area contributed by atoms with Gasteiger partial charge in [0.2, 0.25) is 5.91 Å². The molecule has 1 fully saturated rings. The number of benzene rings is 1. The van der Waals surface area contributed by atoms with Crippen LogP contribution in [0.4, 0.5) is 0 Å².